The Labute approximate surface area is 123 Å². The van der Waals surface area contributed by atoms with Gasteiger partial charge in [-0.3, -0.25) is 0 Å². The van der Waals surface area contributed by atoms with Gasteiger partial charge in [-0.2, -0.15) is 0 Å². The summed E-state index contributed by atoms with van der Waals surface area (Å²) in [4.78, 5) is 8.93. The first kappa shape index (κ1) is 12.8. The quantitative estimate of drug-likeness (QED) is 0.790. The molecule has 0 unspecified atom stereocenters. The molecule has 0 saturated heterocycles. The van der Waals surface area contributed by atoms with Crippen LogP contribution in [0.5, 0.6) is 0 Å². The SMILES string of the molecule is CNCc1nc(-c2ccc3nc(C)oc3c2)sc1Br. The van der Waals surface area contributed by atoms with Crippen LogP contribution in [0.4, 0.5) is 0 Å². The van der Waals surface area contributed by atoms with Crippen molar-refractivity contribution in [3.63, 3.8) is 0 Å². The molecule has 6 heteroatoms. The first-order valence-electron chi connectivity index (χ1n) is 5.85. The maximum absolute atomic E-state index is 5.56. The molecule has 1 aromatic carbocycles. The molecule has 0 aliphatic carbocycles. The van der Waals surface area contributed by atoms with E-state index < -0.39 is 0 Å². The Morgan fingerprint density at radius 2 is 2.21 bits per heavy atom. The van der Waals surface area contributed by atoms with Gasteiger partial charge in [0.1, 0.15) is 10.5 Å². The summed E-state index contributed by atoms with van der Waals surface area (Å²) in [7, 11) is 1.91. The fraction of sp³-hybridized carbons (Fsp3) is 0.231. The topological polar surface area (TPSA) is 51.0 Å². The molecule has 0 amide bonds. The van der Waals surface area contributed by atoms with Crippen LogP contribution in [-0.4, -0.2) is 17.0 Å². The van der Waals surface area contributed by atoms with Crippen LogP contribution in [0, 0.1) is 6.92 Å². The Bertz CT molecular complexity index is 735. The second-order valence-corrected chi connectivity index (χ2v) is 6.50. The zero-order valence-corrected chi connectivity index (χ0v) is 12.9. The van der Waals surface area contributed by atoms with E-state index in [2.05, 4.69) is 31.2 Å². The van der Waals surface area contributed by atoms with Crippen molar-refractivity contribution in [3.05, 3.63) is 33.6 Å². The number of rotatable bonds is 3. The number of thiazole rings is 1. The summed E-state index contributed by atoms with van der Waals surface area (Å²) in [6, 6.07) is 5.98. The number of aromatic nitrogens is 2. The van der Waals surface area contributed by atoms with E-state index in [0.717, 1.165) is 37.7 Å². The van der Waals surface area contributed by atoms with Crippen molar-refractivity contribution in [2.24, 2.45) is 0 Å². The molecule has 0 aliphatic heterocycles. The number of benzene rings is 1. The molecular weight excluding hydrogens is 326 g/mol. The number of hydrogen-bond donors (Lipinski definition) is 1. The molecule has 3 rings (SSSR count). The number of fused-ring (bicyclic) bond motifs is 1. The van der Waals surface area contributed by atoms with Crippen LogP contribution >= 0.6 is 27.3 Å². The Kier molecular flexibility index (Phi) is 3.38. The molecule has 0 spiro atoms. The highest BCUT2D eigenvalue weighted by molar-refractivity contribution is 9.11. The molecule has 0 fully saturated rings. The number of nitrogens with zero attached hydrogens (tertiary/aromatic N) is 2. The van der Waals surface area contributed by atoms with Crippen LogP contribution in [0.15, 0.2) is 26.4 Å². The summed E-state index contributed by atoms with van der Waals surface area (Å²) in [5.74, 6) is 0.684. The molecule has 0 radical (unpaired) electrons. The largest absolute Gasteiger partial charge is 0.441 e. The van der Waals surface area contributed by atoms with Gasteiger partial charge >= 0.3 is 0 Å². The fourth-order valence-corrected chi connectivity index (χ4v) is 3.40. The van der Waals surface area contributed by atoms with Crippen LogP contribution in [0.3, 0.4) is 0 Å². The van der Waals surface area contributed by atoms with Crippen molar-refractivity contribution in [1.29, 1.82) is 0 Å². The van der Waals surface area contributed by atoms with E-state index in [1.54, 1.807) is 11.3 Å². The second-order valence-electron chi connectivity index (χ2n) is 4.19. The zero-order chi connectivity index (χ0) is 13.4. The molecule has 0 aliphatic rings. The monoisotopic (exact) mass is 337 g/mol. The van der Waals surface area contributed by atoms with E-state index in [1.165, 1.54) is 0 Å². The van der Waals surface area contributed by atoms with Crippen LogP contribution in [0.2, 0.25) is 0 Å². The summed E-state index contributed by atoms with van der Waals surface area (Å²) >= 11 is 5.18. The van der Waals surface area contributed by atoms with Gasteiger partial charge < -0.3 is 9.73 Å². The van der Waals surface area contributed by atoms with Crippen LogP contribution < -0.4 is 5.32 Å². The average molecular weight is 338 g/mol. The third-order valence-corrected chi connectivity index (χ3v) is 4.61. The van der Waals surface area contributed by atoms with Gasteiger partial charge in [-0.25, -0.2) is 9.97 Å². The molecule has 0 bridgehead atoms. The van der Waals surface area contributed by atoms with Crippen molar-refractivity contribution < 1.29 is 4.42 Å². The summed E-state index contributed by atoms with van der Waals surface area (Å²) < 4.78 is 6.62. The Morgan fingerprint density at radius 1 is 1.37 bits per heavy atom. The van der Waals surface area contributed by atoms with E-state index in [-0.39, 0.29) is 0 Å². The predicted molar refractivity (Wildman–Crippen MR) is 80.3 cm³/mol. The zero-order valence-electron chi connectivity index (χ0n) is 10.5. The maximum atomic E-state index is 5.56. The molecule has 0 atom stereocenters. The number of oxazole rings is 1. The number of aryl methyl sites for hydroxylation is 1. The first-order chi connectivity index (χ1) is 9.17. The minimum Gasteiger partial charge on any atom is -0.441 e. The smallest absolute Gasteiger partial charge is 0.192 e. The van der Waals surface area contributed by atoms with Gasteiger partial charge in [0.25, 0.3) is 0 Å². The highest BCUT2D eigenvalue weighted by Gasteiger charge is 2.11. The highest BCUT2D eigenvalue weighted by Crippen LogP contribution is 2.33. The van der Waals surface area contributed by atoms with Gasteiger partial charge in [-0.05, 0) is 41.2 Å². The van der Waals surface area contributed by atoms with Crippen molar-refractivity contribution in [3.8, 4) is 10.6 Å². The molecule has 1 N–H and O–H groups in total. The average Bonchev–Trinajstić information content (AvgIpc) is 2.91. The first-order valence-corrected chi connectivity index (χ1v) is 7.45. The van der Waals surface area contributed by atoms with Gasteiger partial charge in [0.2, 0.25) is 0 Å². The molecule has 19 heavy (non-hydrogen) atoms. The third kappa shape index (κ3) is 2.43. The van der Waals surface area contributed by atoms with Gasteiger partial charge in [0.15, 0.2) is 11.5 Å². The van der Waals surface area contributed by atoms with E-state index >= 15 is 0 Å². The van der Waals surface area contributed by atoms with Crippen molar-refractivity contribution >= 4 is 38.4 Å². The van der Waals surface area contributed by atoms with Crippen LogP contribution in [-0.2, 0) is 6.54 Å². The molecule has 0 saturated carbocycles. The normalized spacial score (nSPS) is 11.3. The lowest BCUT2D eigenvalue weighted by Crippen LogP contribution is -2.05. The van der Waals surface area contributed by atoms with Crippen LogP contribution in [0.25, 0.3) is 21.7 Å². The molecule has 2 heterocycles. The summed E-state index contributed by atoms with van der Waals surface area (Å²) in [5, 5.41) is 4.09. The molecule has 4 nitrogen and oxygen atoms in total. The Morgan fingerprint density at radius 3 is 3.00 bits per heavy atom. The maximum Gasteiger partial charge on any atom is 0.192 e. The van der Waals surface area contributed by atoms with Gasteiger partial charge in [0, 0.05) is 19.0 Å². The standard InChI is InChI=1S/C13H12BrN3OS/c1-7-16-9-4-3-8(5-11(9)18-7)13-17-10(6-15-2)12(14)19-13/h3-5,15H,6H2,1-2H3. The number of nitrogens with one attached hydrogen (secondary N) is 1. The highest BCUT2D eigenvalue weighted by atomic mass is 79.9. The van der Waals surface area contributed by atoms with E-state index in [4.69, 9.17) is 4.42 Å². The Balaban J connectivity index is 2.05. The van der Waals surface area contributed by atoms with E-state index in [0.29, 0.717) is 5.89 Å². The summed E-state index contributed by atoms with van der Waals surface area (Å²) in [6.45, 7) is 2.60. The van der Waals surface area contributed by atoms with Gasteiger partial charge in [-0.1, -0.05) is 0 Å². The summed E-state index contributed by atoms with van der Waals surface area (Å²) in [6.07, 6.45) is 0. The van der Waals surface area contributed by atoms with Crippen molar-refractivity contribution in [1.82, 2.24) is 15.3 Å². The van der Waals surface area contributed by atoms with Crippen LogP contribution in [0.1, 0.15) is 11.6 Å². The van der Waals surface area contributed by atoms with Crippen molar-refractivity contribution in [2.45, 2.75) is 13.5 Å². The summed E-state index contributed by atoms with van der Waals surface area (Å²) in [5.41, 5.74) is 3.76. The fourth-order valence-electron chi connectivity index (χ4n) is 1.91. The molecule has 98 valence electrons. The number of hydrogen-bond acceptors (Lipinski definition) is 5. The molecule has 2 aromatic heterocycles. The molecule has 3 aromatic rings. The van der Waals surface area contributed by atoms with Gasteiger partial charge in [0.05, 0.1) is 9.48 Å². The van der Waals surface area contributed by atoms with E-state index in [9.17, 15) is 0 Å². The minimum atomic E-state index is 0.684. The second kappa shape index (κ2) is 5.03. The third-order valence-electron chi connectivity index (χ3n) is 2.74. The minimum absolute atomic E-state index is 0.684. The van der Waals surface area contributed by atoms with E-state index in [1.807, 2.05) is 32.2 Å². The number of halogens is 1. The van der Waals surface area contributed by atoms with Gasteiger partial charge in [-0.15, -0.1) is 11.3 Å². The lowest BCUT2D eigenvalue weighted by Gasteiger charge is -1.95. The Hall–Kier alpha value is -1.24. The predicted octanol–water partition coefficient (Wildman–Crippen LogP) is 3.74. The van der Waals surface area contributed by atoms with Crippen molar-refractivity contribution in [2.75, 3.05) is 7.05 Å². The lowest BCUT2D eigenvalue weighted by atomic mass is 10.2. The molecular formula is C13H12BrN3OS. The lowest BCUT2D eigenvalue weighted by molar-refractivity contribution is 0.561.